The van der Waals surface area contributed by atoms with E-state index in [1.54, 1.807) is 11.0 Å². The summed E-state index contributed by atoms with van der Waals surface area (Å²) in [4.78, 5) is 27.2. The van der Waals surface area contributed by atoms with Crippen LogP contribution >= 0.6 is 0 Å². The molecule has 6 nitrogen and oxygen atoms in total. The Morgan fingerprint density at radius 1 is 1.00 bits per heavy atom. The van der Waals surface area contributed by atoms with E-state index in [9.17, 15) is 9.59 Å². The van der Waals surface area contributed by atoms with Crippen LogP contribution in [0.4, 0.5) is 0 Å². The van der Waals surface area contributed by atoms with Crippen LogP contribution in [0.15, 0.2) is 65.2 Å². The van der Waals surface area contributed by atoms with E-state index in [2.05, 4.69) is 10.5 Å². The van der Waals surface area contributed by atoms with Crippen molar-refractivity contribution < 1.29 is 14.1 Å². The Morgan fingerprint density at radius 3 is 2.34 bits per heavy atom. The van der Waals surface area contributed by atoms with Gasteiger partial charge in [0.15, 0.2) is 11.5 Å². The standard InChI is InChI=1S/C26H31N3O3/c1-19-10-12-21(13-11-19)17-27-24(30)23-16-22(32-28-23)18-29(25(31)26(2,3)4)15-14-20-8-6-5-7-9-20/h5-13,16H,14-15,17-18H2,1-4H3,(H,27,30). The molecular weight excluding hydrogens is 402 g/mol. The van der Waals surface area contributed by atoms with Crippen molar-refractivity contribution >= 4 is 11.8 Å². The summed E-state index contributed by atoms with van der Waals surface area (Å²) >= 11 is 0. The molecule has 168 valence electrons. The molecule has 0 aliphatic carbocycles. The number of carbonyl (C=O) groups excluding carboxylic acids is 2. The van der Waals surface area contributed by atoms with Gasteiger partial charge in [0, 0.05) is 24.6 Å². The molecule has 2 amide bonds. The van der Waals surface area contributed by atoms with Crippen molar-refractivity contribution in [3.8, 4) is 0 Å². The molecule has 1 aromatic heterocycles. The average molecular weight is 434 g/mol. The summed E-state index contributed by atoms with van der Waals surface area (Å²) in [6.45, 7) is 8.94. The van der Waals surface area contributed by atoms with E-state index in [-0.39, 0.29) is 24.1 Å². The van der Waals surface area contributed by atoms with Crippen LogP contribution in [0.5, 0.6) is 0 Å². The predicted molar refractivity (Wildman–Crippen MR) is 124 cm³/mol. The SMILES string of the molecule is Cc1ccc(CNC(=O)c2cc(CN(CCc3ccccc3)C(=O)C(C)(C)C)on2)cc1. The van der Waals surface area contributed by atoms with Gasteiger partial charge in [-0.25, -0.2) is 0 Å². The second-order valence-corrected chi connectivity index (χ2v) is 9.06. The van der Waals surface area contributed by atoms with Gasteiger partial charge in [-0.15, -0.1) is 0 Å². The third kappa shape index (κ3) is 6.54. The van der Waals surface area contributed by atoms with E-state index < -0.39 is 5.41 Å². The van der Waals surface area contributed by atoms with Crippen molar-refractivity contribution in [1.82, 2.24) is 15.4 Å². The van der Waals surface area contributed by atoms with Crippen LogP contribution in [0, 0.1) is 12.3 Å². The summed E-state index contributed by atoms with van der Waals surface area (Å²) in [6.07, 6.45) is 0.737. The zero-order chi connectivity index (χ0) is 23.1. The zero-order valence-corrected chi connectivity index (χ0v) is 19.2. The van der Waals surface area contributed by atoms with Crippen LogP contribution in [0.1, 0.15) is 53.7 Å². The van der Waals surface area contributed by atoms with Crippen molar-refractivity contribution in [2.45, 2.75) is 47.2 Å². The first-order valence-electron chi connectivity index (χ1n) is 10.8. The molecule has 0 atom stereocenters. The fraction of sp³-hybridized carbons (Fsp3) is 0.346. The number of hydrogen-bond donors (Lipinski definition) is 1. The van der Waals surface area contributed by atoms with Crippen molar-refractivity contribution in [3.05, 3.63) is 88.8 Å². The van der Waals surface area contributed by atoms with E-state index in [0.29, 0.717) is 18.8 Å². The molecule has 0 radical (unpaired) electrons. The highest BCUT2D eigenvalue weighted by molar-refractivity contribution is 5.92. The minimum Gasteiger partial charge on any atom is -0.359 e. The predicted octanol–water partition coefficient (Wildman–Crippen LogP) is 4.53. The van der Waals surface area contributed by atoms with Gasteiger partial charge in [-0.05, 0) is 24.5 Å². The number of aromatic nitrogens is 1. The second-order valence-electron chi connectivity index (χ2n) is 9.06. The summed E-state index contributed by atoms with van der Waals surface area (Å²) in [5.41, 5.74) is 3.02. The molecule has 0 fully saturated rings. The van der Waals surface area contributed by atoms with Crippen molar-refractivity contribution in [1.29, 1.82) is 0 Å². The summed E-state index contributed by atoms with van der Waals surface area (Å²) in [6, 6.07) is 19.6. The van der Waals surface area contributed by atoms with Crippen LogP contribution in [-0.4, -0.2) is 28.4 Å². The number of hydrogen-bond acceptors (Lipinski definition) is 4. The van der Waals surface area contributed by atoms with Crippen LogP contribution in [0.3, 0.4) is 0 Å². The zero-order valence-electron chi connectivity index (χ0n) is 19.2. The lowest BCUT2D eigenvalue weighted by Gasteiger charge is -2.28. The normalized spacial score (nSPS) is 11.2. The minimum atomic E-state index is -0.523. The summed E-state index contributed by atoms with van der Waals surface area (Å²) < 4.78 is 5.39. The topological polar surface area (TPSA) is 75.4 Å². The van der Waals surface area contributed by atoms with E-state index in [0.717, 1.165) is 17.5 Å². The maximum absolute atomic E-state index is 13.0. The lowest BCUT2D eigenvalue weighted by atomic mass is 9.94. The molecule has 0 aliphatic heterocycles. The van der Waals surface area contributed by atoms with E-state index in [4.69, 9.17) is 4.52 Å². The molecule has 1 N–H and O–H groups in total. The highest BCUT2D eigenvalue weighted by atomic mass is 16.5. The summed E-state index contributed by atoms with van der Waals surface area (Å²) in [5, 5.41) is 6.76. The number of nitrogens with zero attached hydrogens (tertiary/aromatic N) is 2. The Morgan fingerprint density at radius 2 is 1.69 bits per heavy atom. The van der Waals surface area contributed by atoms with Gasteiger partial charge in [0.25, 0.3) is 5.91 Å². The number of rotatable bonds is 8. The van der Waals surface area contributed by atoms with Crippen molar-refractivity contribution in [2.75, 3.05) is 6.54 Å². The molecule has 6 heteroatoms. The average Bonchev–Trinajstić information content (AvgIpc) is 3.24. The molecule has 3 rings (SSSR count). The fourth-order valence-electron chi connectivity index (χ4n) is 3.30. The number of benzene rings is 2. The molecule has 0 aliphatic rings. The Bertz CT molecular complexity index is 1030. The van der Waals surface area contributed by atoms with E-state index in [1.807, 2.05) is 82.3 Å². The number of nitrogens with one attached hydrogen (secondary N) is 1. The van der Waals surface area contributed by atoms with Crippen LogP contribution in [-0.2, 0) is 24.3 Å². The first-order chi connectivity index (χ1) is 15.2. The molecule has 0 unspecified atom stereocenters. The smallest absolute Gasteiger partial charge is 0.273 e. The first kappa shape index (κ1) is 23.3. The summed E-state index contributed by atoms with van der Waals surface area (Å²) in [5.74, 6) is 0.199. The van der Waals surface area contributed by atoms with Gasteiger partial charge in [0.2, 0.25) is 5.91 Å². The lowest BCUT2D eigenvalue weighted by Crippen LogP contribution is -2.40. The molecular formula is C26H31N3O3. The third-order valence-electron chi connectivity index (χ3n) is 5.15. The third-order valence-corrected chi connectivity index (χ3v) is 5.15. The molecule has 32 heavy (non-hydrogen) atoms. The van der Waals surface area contributed by atoms with Gasteiger partial charge in [-0.3, -0.25) is 9.59 Å². The lowest BCUT2D eigenvalue weighted by molar-refractivity contribution is -0.140. The maximum atomic E-state index is 13.0. The van der Waals surface area contributed by atoms with Gasteiger partial charge in [0.05, 0.1) is 6.54 Å². The fourth-order valence-corrected chi connectivity index (χ4v) is 3.30. The van der Waals surface area contributed by atoms with Gasteiger partial charge in [0.1, 0.15) is 0 Å². The molecule has 2 aromatic carbocycles. The molecule has 0 saturated carbocycles. The minimum absolute atomic E-state index is 0.0233. The van der Waals surface area contributed by atoms with E-state index in [1.165, 1.54) is 5.56 Å². The number of carbonyl (C=O) groups is 2. The van der Waals surface area contributed by atoms with E-state index >= 15 is 0 Å². The molecule has 3 aromatic rings. The Hall–Kier alpha value is -3.41. The summed E-state index contributed by atoms with van der Waals surface area (Å²) in [7, 11) is 0. The molecule has 1 heterocycles. The van der Waals surface area contributed by atoms with Crippen molar-refractivity contribution in [2.24, 2.45) is 5.41 Å². The quantitative estimate of drug-likeness (QED) is 0.566. The van der Waals surface area contributed by atoms with Crippen LogP contribution in [0.2, 0.25) is 0 Å². The Labute approximate surface area is 189 Å². The molecule has 0 spiro atoms. The maximum Gasteiger partial charge on any atom is 0.273 e. The number of aryl methyl sites for hydroxylation is 1. The highest BCUT2D eigenvalue weighted by Crippen LogP contribution is 2.20. The van der Waals surface area contributed by atoms with Crippen LogP contribution in [0.25, 0.3) is 0 Å². The molecule has 0 saturated heterocycles. The van der Waals surface area contributed by atoms with Crippen molar-refractivity contribution in [3.63, 3.8) is 0 Å². The highest BCUT2D eigenvalue weighted by Gasteiger charge is 2.28. The first-order valence-corrected chi connectivity index (χ1v) is 10.8. The molecule has 0 bridgehead atoms. The van der Waals surface area contributed by atoms with Gasteiger partial charge in [-0.1, -0.05) is 86.1 Å². The van der Waals surface area contributed by atoms with Gasteiger partial charge < -0.3 is 14.7 Å². The monoisotopic (exact) mass is 433 g/mol. The Balaban J connectivity index is 1.63. The number of amides is 2. The largest absolute Gasteiger partial charge is 0.359 e. The van der Waals surface area contributed by atoms with Crippen LogP contribution < -0.4 is 5.32 Å². The van der Waals surface area contributed by atoms with Gasteiger partial charge in [-0.2, -0.15) is 0 Å². The second kappa shape index (κ2) is 10.3. The van der Waals surface area contributed by atoms with Gasteiger partial charge >= 0.3 is 0 Å². The Kier molecular flexibility index (Phi) is 7.46.